The molecule has 1 heterocycles. The van der Waals surface area contributed by atoms with E-state index in [0.29, 0.717) is 43.6 Å². The van der Waals surface area contributed by atoms with Crippen molar-refractivity contribution >= 4 is 17.6 Å². The second kappa shape index (κ2) is 11.3. The summed E-state index contributed by atoms with van der Waals surface area (Å²) in [7, 11) is 1.69. The molecule has 3 rings (SSSR count). The van der Waals surface area contributed by atoms with Crippen LogP contribution in [0.4, 0.5) is 14.5 Å². The second-order valence-electron chi connectivity index (χ2n) is 7.49. The lowest BCUT2D eigenvalue weighted by molar-refractivity contribution is -0.122. The zero-order chi connectivity index (χ0) is 22.9. The lowest BCUT2D eigenvalue weighted by Gasteiger charge is -2.21. The first-order chi connectivity index (χ1) is 15.5. The largest absolute Gasteiger partial charge is 0.484 e. The molecule has 1 aliphatic heterocycles. The molecule has 32 heavy (non-hydrogen) atoms. The third-order valence-electron chi connectivity index (χ3n) is 5.11. The number of nitrogens with one attached hydrogen (secondary N) is 3. The molecule has 7 nitrogen and oxygen atoms in total. The van der Waals surface area contributed by atoms with Gasteiger partial charge in [-0.3, -0.25) is 9.79 Å². The molecule has 1 fully saturated rings. The van der Waals surface area contributed by atoms with Crippen LogP contribution in [0.25, 0.3) is 0 Å². The van der Waals surface area contributed by atoms with Crippen LogP contribution in [0.1, 0.15) is 18.9 Å². The molecule has 1 aliphatic rings. The first kappa shape index (κ1) is 23.3. The van der Waals surface area contributed by atoms with Gasteiger partial charge in [0.15, 0.2) is 12.6 Å². The fraction of sp³-hybridized carbons (Fsp3) is 0.391. The van der Waals surface area contributed by atoms with E-state index in [1.165, 1.54) is 12.1 Å². The highest BCUT2D eigenvalue weighted by Crippen LogP contribution is 2.24. The fourth-order valence-electron chi connectivity index (χ4n) is 3.55. The predicted octanol–water partition coefficient (Wildman–Crippen LogP) is 2.42. The van der Waals surface area contributed by atoms with Crippen molar-refractivity contribution in [2.75, 3.05) is 38.2 Å². The number of benzene rings is 2. The van der Waals surface area contributed by atoms with E-state index in [1.54, 1.807) is 13.1 Å². The molecule has 1 amide bonds. The van der Waals surface area contributed by atoms with Gasteiger partial charge in [0, 0.05) is 45.3 Å². The summed E-state index contributed by atoms with van der Waals surface area (Å²) >= 11 is 0. The van der Waals surface area contributed by atoms with Crippen molar-refractivity contribution in [2.24, 2.45) is 4.99 Å². The fourth-order valence-corrected chi connectivity index (χ4v) is 3.55. The van der Waals surface area contributed by atoms with Crippen LogP contribution in [0.5, 0.6) is 5.75 Å². The molecule has 1 atom stereocenters. The number of nitrogens with zero attached hydrogens (tertiary/aromatic N) is 2. The summed E-state index contributed by atoms with van der Waals surface area (Å²) in [5, 5.41) is 9.30. The molecule has 0 aromatic heterocycles. The maximum atomic E-state index is 14.1. The summed E-state index contributed by atoms with van der Waals surface area (Å²) in [6.07, 6.45) is 0.806. The summed E-state index contributed by atoms with van der Waals surface area (Å²) in [5.74, 6) is -0.0473. The number of carbonyl (C=O) groups is 1. The summed E-state index contributed by atoms with van der Waals surface area (Å²) in [6, 6.07) is 11.2. The molecule has 0 saturated carbocycles. The van der Waals surface area contributed by atoms with Crippen LogP contribution < -0.4 is 25.6 Å². The number of guanidine groups is 1. The second-order valence-corrected chi connectivity index (χ2v) is 7.49. The van der Waals surface area contributed by atoms with E-state index in [-0.39, 0.29) is 18.6 Å². The number of ether oxygens (including phenoxy) is 1. The highest BCUT2D eigenvalue weighted by atomic mass is 19.1. The normalized spacial score (nSPS) is 16.1. The molecule has 0 radical (unpaired) electrons. The average molecular weight is 446 g/mol. The zero-order valence-corrected chi connectivity index (χ0v) is 18.3. The van der Waals surface area contributed by atoms with Gasteiger partial charge in [-0.05, 0) is 43.2 Å². The van der Waals surface area contributed by atoms with Crippen molar-refractivity contribution in [1.29, 1.82) is 0 Å². The van der Waals surface area contributed by atoms with Crippen LogP contribution in [0.2, 0.25) is 0 Å². The minimum atomic E-state index is -0.580. The third-order valence-corrected chi connectivity index (χ3v) is 5.11. The Morgan fingerprint density at radius 2 is 2.06 bits per heavy atom. The quantitative estimate of drug-likeness (QED) is 0.430. The van der Waals surface area contributed by atoms with Gasteiger partial charge in [-0.15, -0.1) is 0 Å². The minimum absolute atomic E-state index is 0.0270. The topological polar surface area (TPSA) is 78.0 Å². The van der Waals surface area contributed by atoms with Crippen LogP contribution in [-0.4, -0.2) is 51.2 Å². The summed E-state index contributed by atoms with van der Waals surface area (Å²) in [5.41, 5.74) is 1.38. The standard InChI is InChI=1S/C23H29F2N5O2/c1-3-27-22(31)15-32-19-6-4-5-16(11-19)13-28-23(26-2)29-18-9-10-30(14-18)21-8-7-17(24)12-20(21)25/h4-8,11-12,18H,3,9-10,13-15H2,1-2H3,(H,27,31)(H2,26,28,29). The summed E-state index contributed by atoms with van der Waals surface area (Å²) < 4.78 is 32.8. The van der Waals surface area contributed by atoms with Gasteiger partial charge in [-0.25, -0.2) is 8.78 Å². The van der Waals surface area contributed by atoms with Gasteiger partial charge < -0.3 is 25.6 Å². The van der Waals surface area contributed by atoms with Gasteiger partial charge in [0.25, 0.3) is 5.91 Å². The molecule has 0 spiro atoms. The number of hydrogen-bond acceptors (Lipinski definition) is 4. The van der Waals surface area contributed by atoms with E-state index in [0.717, 1.165) is 18.1 Å². The van der Waals surface area contributed by atoms with Crippen molar-refractivity contribution in [2.45, 2.75) is 25.9 Å². The highest BCUT2D eigenvalue weighted by molar-refractivity contribution is 5.80. The Labute approximate surface area is 186 Å². The Hall–Kier alpha value is -3.36. The van der Waals surface area contributed by atoms with Crippen LogP contribution in [-0.2, 0) is 11.3 Å². The molecular weight excluding hydrogens is 416 g/mol. The summed E-state index contributed by atoms with van der Waals surface area (Å²) in [6.45, 7) is 4.17. The van der Waals surface area contributed by atoms with Crippen molar-refractivity contribution in [3.63, 3.8) is 0 Å². The van der Waals surface area contributed by atoms with Gasteiger partial charge >= 0.3 is 0 Å². The van der Waals surface area contributed by atoms with Crippen LogP contribution in [0, 0.1) is 11.6 Å². The van der Waals surface area contributed by atoms with E-state index >= 15 is 0 Å². The predicted molar refractivity (Wildman–Crippen MR) is 121 cm³/mol. The third kappa shape index (κ3) is 6.57. The van der Waals surface area contributed by atoms with Gasteiger partial charge in [-0.1, -0.05) is 12.1 Å². The van der Waals surface area contributed by atoms with Gasteiger partial charge in [-0.2, -0.15) is 0 Å². The van der Waals surface area contributed by atoms with Gasteiger partial charge in [0.2, 0.25) is 0 Å². The first-order valence-electron chi connectivity index (χ1n) is 10.6. The Morgan fingerprint density at radius 1 is 1.22 bits per heavy atom. The Balaban J connectivity index is 1.49. The Morgan fingerprint density at radius 3 is 2.81 bits per heavy atom. The number of aliphatic imine (C=N–C) groups is 1. The molecule has 172 valence electrons. The molecule has 1 saturated heterocycles. The average Bonchev–Trinajstić information content (AvgIpc) is 3.24. The highest BCUT2D eigenvalue weighted by Gasteiger charge is 2.25. The number of anilines is 1. The van der Waals surface area contributed by atoms with E-state index < -0.39 is 11.6 Å². The summed E-state index contributed by atoms with van der Waals surface area (Å²) in [4.78, 5) is 17.7. The monoisotopic (exact) mass is 445 g/mol. The SMILES string of the molecule is CCNC(=O)COc1cccc(CNC(=NC)NC2CCN(c3ccc(F)cc3F)C2)c1. The maximum Gasteiger partial charge on any atom is 0.257 e. The van der Waals surface area contributed by atoms with Crippen molar-refractivity contribution in [3.05, 3.63) is 59.7 Å². The van der Waals surface area contributed by atoms with Crippen LogP contribution >= 0.6 is 0 Å². The number of amides is 1. The van der Waals surface area contributed by atoms with Crippen LogP contribution in [0.15, 0.2) is 47.5 Å². The number of hydrogen-bond donors (Lipinski definition) is 3. The van der Waals surface area contributed by atoms with Gasteiger partial charge in [0.1, 0.15) is 17.4 Å². The maximum absolute atomic E-state index is 14.1. The number of halogens is 2. The Kier molecular flexibility index (Phi) is 8.24. The van der Waals surface area contributed by atoms with Crippen LogP contribution in [0.3, 0.4) is 0 Å². The number of carbonyl (C=O) groups excluding carboxylic acids is 1. The van der Waals surface area contributed by atoms with Gasteiger partial charge in [0.05, 0.1) is 5.69 Å². The van der Waals surface area contributed by atoms with Crippen molar-refractivity contribution in [1.82, 2.24) is 16.0 Å². The molecule has 2 aromatic carbocycles. The molecule has 1 unspecified atom stereocenters. The molecule has 2 aromatic rings. The van der Waals surface area contributed by atoms with E-state index in [1.807, 2.05) is 30.0 Å². The molecule has 0 bridgehead atoms. The number of likely N-dealkylation sites (N-methyl/N-ethyl adjacent to an activating group) is 1. The Bertz CT molecular complexity index is 954. The first-order valence-corrected chi connectivity index (χ1v) is 10.6. The molecule has 9 heteroatoms. The minimum Gasteiger partial charge on any atom is -0.484 e. The lowest BCUT2D eigenvalue weighted by atomic mass is 10.2. The lowest BCUT2D eigenvalue weighted by Crippen LogP contribution is -2.44. The van der Waals surface area contributed by atoms with E-state index in [9.17, 15) is 13.6 Å². The zero-order valence-electron chi connectivity index (χ0n) is 18.3. The van der Waals surface area contributed by atoms with Crippen molar-refractivity contribution in [3.8, 4) is 5.75 Å². The smallest absolute Gasteiger partial charge is 0.257 e. The number of rotatable bonds is 8. The van der Waals surface area contributed by atoms with E-state index in [4.69, 9.17) is 4.74 Å². The molecule has 3 N–H and O–H groups in total. The van der Waals surface area contributed by atoms with Crippen molar-refractivity contribution < 1.29 is 18.3 Å². The van der Waals surface area contributed by atoms with E-state index in [2.05, 4.69) is 20.9 Å². The molecule has 0 aliphatic carbocycles. The molecular formula is C23H29F2N5O2.